The van der Waals surface area contributed by atoms with Gasteiger partial charge in [-0.3, -0.25) is 4.79 Å². The second-order valence-electron chi connectivity index (χ2n) is 5.42. The zero-order valence-corrected chi connectivity index (χ0v) is 12.4. The van der Waals surface area contributed by atoms with Crippen LogP contribution in [0.15, 0.2) is 24.3 Å². The summed E-state index contributed by atoms with van der Waals surface area (Å²) in [5.74, 6) is -1.23. The van der Waals surface area contributed by atoms with E-state index in [9.17, 15) is 4.79 Å². The van der Waals surface area contributed by atoms with Crippen LogP contribution in [0, 0.1) is 0 Å². The largest absolute Gasteiger partial charge is 0.481 e. The molecule has 0 fully saturated rings. The van der Waals surface area contributed by atoms with Crippen LogP contribution in [-0.2, 0) is 11.3 Å². The monoisotopic (exact) mass is 263 g/mol. The van der Waals surface area contributed by atoms with Crippen molar-refractivity contribution in [2.45, 2.75) is 58.5 Å². The molecule has 0 spiro atoms. The number of rotatable bonds is 7. The maximum atomic E-state index is 10.9. The molecule has 0 aromatic heterocycles. The van der Waals surface area contributed by atoms with Crippen molar-refractivity contribution < 1.29 is 9.90 Å². The van der Waals surface area contributed by atoms with E-state index >= 15 is 0 Å². The lowest BCUT2D eigenvalue weighted by Crippen LogP contribution is -2.40. The molecule has 2 N–H and O–H groups in total. The molecule has 0 radical (unpaired) electrons. The van der Waals surface area contributed by atoms with Gasteiger partial charge in [-0.2, -0.15) is 0 Å². The van der Waals surface area contributed by atoms with E-state index in [0.717, 1.165) is 24.9 Å². The van der Waals surface area contributed by atoms with Crippen LogP contribution in [0.2, 0.25) is 0 Å². The third-order valence-electron chi connectivity index (χ3n) is 4.13. The van der Waals surface area contributed by atoms with Gasteiger partial charge in [0.25, 0.3) is 0 Å². The summed E-state index contributed by atoms with van der Waals surface area (Å²) in [5.41, 5.74) is 2.21. The lowest BCUT2D eigenvalue weighted by Gasteiger charge is -2.28. The summed E-state index contributed by atoms with van der Waals surface area (Å²) >= 11 is 0. The van der Waals surface area contributed by atoms with Gasteiger partial charge in [-0.05, 0) is 37.8 Å². The minimum absolute atomic E-state index is 0.174. The van der Waals surface area contributed by atoms with Gasteiger partial charge in [0.1, 0.15) is 0 Å². The maximum absolute atomic E-state index is 10.9. The molecule has 0 aliphatic heterocycles. The summed E-state index contributed by atoms with van der Waals surface area (Å²) < 4.78 is 0. The van der Waals surface area contributed by atoms with Gasteiger partial charge in [0.15, 0.2) is 0 Å². The zero-order chi connectivity index (χ0) is 14.5. The minimum atomic E-state index is -0.782. The molecule has 0 saturated carbocycles. The topological polar surface area (TPSA) is 49.3 Å². The molecule has 1 rings (SSSR count). The molecule has 0 aliphatic rings. The highest BCUT2D eigenvalue weighted by Gasteiger charge is 2.18. The molecule has 1 aromatic rings. The van der Waals surface area contributed by atoms with Crippen LogP contribution >= 0.6 is 0 Å². The number of carboxylic acids is 1. The third-order valence-corrected chi connectivity index (χ3v) is 4.13. The van der Waals surface area contributed by atoms with Crippen molar-refractivity contribution in [3.05, 3.63) is 35.4 Å². The number of benzene rings is 1. The Balaban J connectivity index is 2.65. The lowest BCUT2D eigenvalue weighted by molar-refractivity contribution is -0.138. The van der Waals surface area contributed by atoms with E-state index in [1.165, 1.54) is 5.56 Å². The van der Waals surface area contributed by atoms with E-state index in [1.54, 1.807) is 6.92 Å². The molecule has 3 nitrogen and oxygen atoms in total. The predicted molar refractivity (Wildman–Crippen MR) is 78.3 cm³/mol. The molecule has 0 saturated heterocycles. The zero-order valence-electron chi connectivity index (χ0n) is 12.4. The first kappa shape index (κ1) is 15.7. The fraction of sp³-hybridized carbons (Fsp3) is 0.562. The number of hydrogen-bond acceptors (Lipinski definition) is 2. The summed E-state index contributed by atoms with van der Waals surface area (Å²) in [6.07, 6.45) is 2.19. The van der Waals surface area contributed by atoms with Crippen LogP contribution in [0.1, 0.15) is 57.6 Å². The highest BCUT2D eigenvalue weighted by atomic mass is 16.4. The normalized spacial score (nSPS) is 13.3. The third kappa shape index (κ3) is 4.35. The lowest BCUT2D eigenvalue weighted by atomic mass is 9.95. The van der Waals surface area contributed by atoms with Crippen molar-refractivity contribution in [3.63, 3.8) is 0 Å². The molecule has 0 aliphatic carbocycles. The molecule has 0 heterocycles. The Bertz CT molecular complexity index is 407. The van der Waals surface area contributed by atoms with Gasteiger partial charge in [0.05, 0.1) is 5.92 Å². The molecular weight excluding hydrogens is 238 g/mol. The van der Waals surface area contributed by atoms with Crippen LogP contribution in [0.5, 0.6) is 0 Å². The number of carboxylic acid groups (broad SMARTS) is 1. The first-order chi connectivity index (χ1) is 8.91. The summed E-state index contributed by atoms with van der Waals surface area (Å²) in [6.45, 7) is 9.14. The quantitative estimate of drug-likeness (QED) is 0.791. The number of carbonyl (C=O) groups is 1. The Hall–Kier alpha value is -1.35. The smallest absolute Gasteiger partial charge is 0.310 e. The van der Waals surface area contributed by atoms with Crippen molar-refractivity contribution in [2.24, 2.45) is 0 Å². The molecule has 19 heavy (non-hydrogen) atoms. The van der Waals surface area contributed by atoms with E-state index in [2.05, 4.69) is 26.1 Å². The van der Waals surface area contributed by atoms with E-state index in [0.29, 0.717) is 0 Å². The summed E-state index contributed by atoms with van der Waals surface area (Å²) in [7, 11) is 0. The van der Waals surface area contributed by atoms with E-state index in [4.69, 9.17) is 5.11 Å². The Morgan fingerprint density at radius 3 is 2.21 bits per heavy atom. The van der Waals surface area contributed by atoms with Gasteiger partial charge < -0.3 is 10.4 Å². The average molecular weight is 263 g/mol. The molecule has 106 valence electrons. The Labute approximate surface area is 116 Å². The van der Waals surface area contributed by atoms with Crippen LogP contribution in [-0.4, -0.2) is 16.6 Å². The van der Waals surface area contributed by atoms with Gasteiger partial charge >= 0.3 is 5.97 Å². The van der Waals surface area contributed by atoms with Gasteiger partial charge in [-0.25, -0.2) is 0 Å². The highest BCUT2D eigenvalue weighted by molar-refractivity contribution is 5.75. The summed E-state index contributed by atoms with van der Waals surface area (Å²) in [4.78, 5) is 10.9. The SMILES string of the molecule is CCC(C)(CC)NCc1ccc(C(C)C(=O)O)cc1. The Kier molecular flexibility index (Phi) is 5.55. The van der Waals surface area contributed by atoms with Crippen LogP contribution in [0.25, 0.3) is 0 Å². The van der Waals surface area contributed by atoms with Gasteiger partial charge in [0.2, 0.25) is 0 Å². The van der Waals surface area contributed by atoms with Crippen LogP contribution in [0.3, 0.4) is 0 Å². The molecule has 1 atom stereocenters. The Morgan fingerprint density at radius 2 is 1.79 bits per heavy atom. The van der Waals surface area contributed by atoms with Crippen molar-refractivity contribution in [1.82, 2.24) is 5.32 Å². The summed E-state index contributed by atoms with van der Waals surface area (Å²) in [6, 6.07) is 7.83. The molecule has 0 bridgehead atoms. The molecule has 3 heteroatoms. The van der Waals surface area contributed by atoms with Crippen molar-refractivity contribution >= 4 is 5.97 Å². The van der Waals surface area contributed by atoms with Gasteiger partial charge in [-0.1, -0.05) is 38.1 Å². The average Bonchev–Trinajstić information content (AvgIpc) is 2.44. The van der Waals surface area contributed by atoms with E-state index in [-0.39, 0.29) is 5.54 Å². The van der Waals surface area contributed by atoms with Crippen molar-refractivity contribution in [2.75, 3.05) is 0 Å². The first-order valence-electron chi connectivity index (χ1n) is 6.98. The fourth-order valence-electron chi connectivity index (χ4n) is 1.88. The van der Waals surface area contributed by atoms with Crippen LogP contribution < -0.4 is 5.32 Å². The first-order valence-corrected chi connectivity index (χ1v) is 6.98. The summed E-state index contributed by atoms with van der Waals surface area (Å²) in [5, 5.41) is 12.5. The maximum Gasteiger partial charge on any atom is 0.310 e. The van der Waals surface area contributed by atoms with Gasteiger partial charge in [0, 0.05) is 12.1 Å². The number of nitrogens with one attached hydrogen (secondary N) is 1. The standard InChI is InChI=1S/C16H25NO2/c1-5-16(4,6-2)17-11-13-7-9-14(10-8-13)12(3)15(18)19/h7-10,12,17H,5-6,11H2,1-4H3,(H,18,19). The second-order valence-corrected chi connectivity index (χ2v) is 5.42. The molecule has 1 aromatic carbocycles. The van der Waals surface area contributed by atoms with Crippen LogP contribution in [0.4, 0.5) is 0 Å². The van der Waals surface area contributed by atoms with Crippen molar-refractivity contribution in [3.8, 4) is 0 Å². The predicted octanol–water partition coefficient (Wildman–Crippen LogP) is 3.54. The second kappa shape index (κ2) is 6.71. The molecule has 0 amide bonds. The van der Waals surface area contributed by atoms with E-state index in [1.807, 2.05) is 24.3 Å². The molecular formula is C16H25NO2. The van der Waals surface area contributed by atoms with Crippen molar-refractivity contribution in [1.29, 1.82) is 0 Å². The van der Waals surface area contributed by atoms with Gasteiger partial charge in [-0.15, -0.1) is 0 Å². The van der Waals surface area contributed by atoms with E-state index < -0.39 is 11.9 Å². The number of hydrogen-bond donors (Lipinski definition) is 2. The highest BCUT2D eigenvalue weighted by Crippen LogP contribution is 2.18. The number of aliphatic carboxylic acids is 1. The molecule has 1 unspecified atom stereocenters. The Morgan fingerprint density at radius 1 is 1.26 bits per heavy atom. The fourth-order valence-corrected chi connectivity index (χ4v) is 1.88. The minimum Gasteiger partial charge on any atom is -0.481 e.